The molecule has 3 heteroatoms. The summed E-state index contributed by atoms with van der Waals surface area (Å²) < 4.78 is 12.1. The van der Waals surface area contributed by atoms with E-state index in [-0.39, 0.29) is 5.79 Å². The third kappa shape index (κ3) is 2.96. The van der Waals surface area contributed by atoms with Crippen LogP contribution in [0.1, 0.15) is 85.0 Å². The molecule has 160 valence electrons. The second-order valence-electron chi connectivity index (χ2n) is 11.4. The van der Waals surface area contributed by atoms with Gasteiger partial charge in [-0.1, -0.05) is 26.3 Å². The second kappa shape index (κ2) is 7.10. The number of ether oxygens (including phenoxy) is 2. The molecule has 5 aliphatic rings. The molecule has 0 bridgehead atoms. The number of hydrogen-bond donors (Lipinski definition) is 0. The van der Waals surface area contributed by atoms with Gasteiger partial charge in [0.05, 0.1) is 19.3 Å². The maximum absolute atomic E-state index is 9.05. The summed E-state index contributed by atoms with van der Waals surface area (Å²) in [5.41, 5.74) is 2.50. The molecule has 5 rings (SSSR count). The number of rotatable bonds is 3. The van der Waals surface area contributed by atoms with Crippen molar-refractivity contribution in [2.75, 3.05) is 13.2 Å². The van der Waals surface area contributed by atoms with Gasteiger partial charge in [0.25, 0.3) is 0 Å². The van der Waals surface area contributed by atoms with Crippen LogP contribution in [-0.2, 0) is 9.47 Å². The molecular formula is C26H39NO2. The van der Waals surface area contributed by atoms with Gasteiger partial charge in [0.15, 0.2) is 5.79 Å². The van der Waals surface area contributed by atoms with E-state index in [1.165, 1.54) is 44.9 Å². The highest BCUT2D eigenvalue weighted by Gasteiger charge is 2.60. The van der Waals surface area contributed by atoms with Gasteiger partial charge in [0.1, 0.15) is 0 Å². The quantitative estimate of drug-likeness (QED) is 0.529. The van der Waals surface area contributed by atoms with Crippen LogP contribution in [0.15, 0.2) is 11.6 Å². The summed E-state index contributed by atoms with van der Waals surface area (Å²) in [4.78, 5) is 0. The molecule has 0 aromatic carbocycles. The molecular weight excluding hydrogens is 358 g/mol. The fourth-order valence-corrected chi connectivity index (χ4v) is 8.85. The minimum Gasteiger partial charge on any atom is -0.344 e. The molecule has 0 N–H and O–H groups in total. The zero-order chi connectivity index (χ0) is 20.3. The lowest BCUT2D eigenvalue weighted by Gasteiger charge is -2.59. The Morgan fingerprint density at radius 1 is 1.07 bits per heavy atom. The van der Waals surface area contributed by atoms with Gasteiger partial charge in [-0.3, -0.25) is 0 Å². The van der Waals surface area contributed by atoms with Crippen LogP contribution in [0.5, 0.6) is 0 Å². The fraction of sp³-hybridized carbons (Fsp3) is 0.885. The molecule has 1 saturated heterocycles. The summed E-state index contributed by atoms with van der Waals surface area (Å²) in [6.07, 6.45) is 14.7. The summed E-state index contributed by atoms with van der Waals surface area (Å²) in [5.74, 6) is 3.75. The monoisotopic (exact) mass is 397 g/mol. The van der Waals surface area contributed by atoms with E-state index in [1.54, 1.807) is 5.57 Å². The summed E-state index contributed by atoms with van der Waals surface area (Å²) in [6.45, 7) is 9.12. The van der Waals surface area contributed by atoms with Crippen molar-refractivity contribution in [3.8, 4) is 6.07 Å². The Morgan fingerprint density at radius 2 is 1.86 bits per heavy atom. The highest BCUT2D eigenvalue weighted by atomic mass is 16.7. The molecule has 0 aromatic heterocycles. The van der Waals surface area contributed by atoms with Crippen molar-refractivity contribution in [3.63, 3.8) is 0 Å². The van der Waals surface area contributed by atoms with Gasteiger partial charge in [0.2, 0.25) is 0 Å². The Labute approximate surface area is 177 Å². The zero-order valence-electron chi connectivity index (χ0n) is 18.7. The van der Waals surface area contributed by atoms with E-state index in [0.717, 1.165) is 56.1 Å². The molecule has 4 unspecified atom stereocenters. The molecule has 1 heterocycles. The SMILES string of the molecule is C[C@H](CCC#N)C1CCC2C3CCC4=CC5(CC[C@]4(C)C3CC[C@@]21C)OCCO5. The van der Waals surface area contributed by atoms with Crippen molar-refractivity contribution in [2.45, 2.75) is 90.8 Å². The fourth-order valence-electron chi connectivity index (χ4n) is 8.85. The minimum absolute atomic E-state index is 0.356. The highest BCUT2D eigenvalue weighted by Crippen LogP contribution is 2.68. The molecule has 1 aliphatic heterocycles. The molecule has 1 spiro atoms. The van der Waals surface area contributed by atoms with Gasteiger partial charge in [-0.2, -0.15) is 5.26 Å². The van der Waals surface area contributed by atoms with Crippen LogP contribution >= 0.6 is 0 Å². The lowest BCUT2D eigenvalue weighted by atomic mass is 9.46. The van der Waals surface area contributed by atoms with Gasteiger partial charge in [-0.05, 0) is 97.9 Å². The lowest BCUT2D eigenvalue weighted by molar-refractivity contribution is -0.144. The van der Waals surface area contributed by atoms with E-state index in [1.807, 2.05) is 0 Å². The summed E-state index contributed by atoms with van der Waals surface area (Å²) in [7, 11) is 0. The Balaban J connectivity index is 1.38. The maximum atomic E-state index is 9.05. The topological polar surface area (TPSA) is 42.2 Å². The van der Waals surface area contributed by atoms with Crippen molar-refractivity contribution in [2.24, 2.45) is 40.4 Å². The van der Waals surface area contributed by atoms with E-state index in [2.05, 4.69) is 32.9 Å². The highest BCUT2D eigenvalue weighted by molar-refractivity contribution is 5.27. The predicted molar refractivity (Wildman–Crippen MR) is 114 cm³/mol. The average molecular weight is 398 g/mol. The third-order valence-electron chi connectivity index (χ3n) is 10.4. The molecule has 0 radical (unpaired) electrons. The van der Waals surface area contributed by atoms with E-state index < -0.39 is 0 Å². The first-order valence-electron chi connectivity index (χ1n) is 12.3. The third-order valence-corrected chi connectivity index (χ3v) is 10.4. The van der Waals surface area contributed by atoms with Gasteiger partial charge >= 0.3 is 0 Å². The van der Waals surface area contributed by atoms with Crippen LogP contribution < -0.4 is 0 Å². The molecule has 29 heavy (non-hydrogen) atoms. The van der Waals surface area contributed by atoms with Crippen LogP contribution in [0.25, 0.3) is 0 Å². The molecule has 4 fully saturated rings. The van der Waals surface area contributed by atoms with Crippen molar-refractivity contribution in [1.29, 1.82) is 5.26 Å². The number of allylic oxidation sites excluding steroid dienone is 1. The Bertz CT molecular complexity index is 717. The first-order chi connectivity index (χ1) is 13.9. The summed E-state index contributed by atoms with van der Waals surface area (Å²) >= 11 is 0. The normalized spacial score (nSPS) is 46.3. The minimum atomic E-state index is -0.389. The molecule has 3 nitrogen and oxygen atoms in total. The Kier molecular flexibility index (Phi) is 4.91. The maximum Gasteiger partial charge on any atom is 0.188 e. The van der Waals surface area contributed by atoms with Crippen molar-refractivity contribution >= 4 is 0 Å². The van der Waals surface area contributed by atoms with Crippen LogP contribution in [0.2, 0.25) is 0 Å². The average Bonchev–Trinajstić information content (AvgIpc) is 3.31. The second-order valence-corrected chi connectivity index (χ2v) is 11.4. The van der Waals surface area contributed by atoms with Crippen LogP contribution in [0.4, 0.5) is 0 Å². The van der Waals surface area contributed by atoms with Crippen molar-refractivity contribution < 1.29 is 9.47 Å². The molecule has 0 amide bonds. The van der Waals surface area contributed by atoms with Gasteiger partial charge in [0, 0.05) is 12.8 Å². The molecule has 7 atom stereocenters. The first kappa shape index (κ1) is 20.1. The predicted octanol–water partition coefficient (Wildman–Crippen LogP) is 6.25. The van der Waals surface area contributed by atoms with E-state index in [0.29, 0.717) is 16.7 Å². The van der Waals surface area contributed by atoms with E-state index >= 15 is 0 Å². The van der Waals surface area contributed by atoms with E-state index in [9.17, 15) is 0 Å². The standard InChI is InChI=1S/C26H39NO2/c1-18(5-4-14-27)21-8-9-22-20-7-6-19-17-26(28-15-16-29-26)13-12-24(19,2)23(20)10-11-25(21,22)3/h17-18,20-23H,4-13,15-16H2,1-3H3/t18-,20?,21?,22?,23?,24+,25-/m1/s1. The van der Waals surface area contributed by atoms with Crippen molar-refractivity contribution in [3.05, 3.63) is 11.6 Å². The van der Waals surface area contributed by atoms with E-state index in [4.69, 9.17) is 14.7 Å². The van der Waals surface area contributed by atoms with Crippen LogP contribution in [0.3, 0.4) is 0 Å². The smallest absolute Gasteiger partial charge is 0.188 e. The van der Waals surface area contributed by atoms with Crippen LogP contribution in [0, 0.1) is 51.8 Å². The largest absolute Gasteiger partial charge is 0.344 e. The molecule has 0 aromatic rings. The summed E-state index contributed by atoms with van der Waals surface area (Å²) in [6, 6.07) is 2.38. The lowest BCUT2D eigenvalue weighted by Crippen LogP contribution is -2.52. The van der Waals surface area contributed by atoms with Crippen LogP contribution in [-0.4, -0.2) is 19.0 Å². The molecule has 4 aliphatic carbocycles. The molecule has 3 saturated carbocycles. The Hall–Kier alpha value is -0.850. The number of nitriles is 1. The van der Waals surface area contributed by atoms with Crippen molar-refractivity contribution in [1.82, 2.24) is 0 Å². The van der Waals surface area contributed by atoms with Gasteiger partial charge < -0.3 is 9.47 Å². The van der Waals surface area contributed by atoms with Gasteiger partial charge in [-0.25, -0.2) is 0 Å². The number of hydrogen-bond acceptors (Lipinski definition) is 3. The summed E-state index contributed by atoms with van der Waals surface area (Å²) in [5, 5.41) is 9.05. The number of fused-ring (bicyclic) bond motifs is 5. The van der Waals surface area contributed by atoms with Gasteiger partial charge in [-0.15, -0.1) is 0 Å². The Morgan fingerprint density at radius 3 is 2.62 bits per heavy atom. The zero-order valence-corrected chi connectivity index (χ0v) is 18.7. The number of nitrogens with zero attached hydrogens (tertiary/aromatic N) is 1. The first-order valence-corrected chi connectivity index (χ1v) is 12.3.